The molecule has 0 radical (unpaired) electrons. The van der Waals surface area contributed by atoms with Gasteiger partial charge >= 0.3 is 137 Å². The minimum absolute atomic E-state index is 0. The van der Waals surface area contributed by atoms with Crippen LogP contribution in [0.4, 0.5) is 11.4 Å². The van der Waals surface area contributed by atoms with E-state index in [2.05, 4.69) is 0 Å². The second-order valence-electron chi connectivity index (χ2n) is 4.48. The summed E-state index contributed by atoms with van der Waals surface area (Å²) in [6.07, 6.45) is 0. The number of hydrogen-bond donors (Lipinski definition) is 0. The van der Waals surface area contributed by atoms with Crippen LogP contribution < -0.4 is 15.1 Å². The monoisotopic (exact) mass is 396 g/mol. The maximum absolute atomic E-state index is 12.0. The average Bonchev–Trinajstić information content (AvgIpc) is 2.49. The van der Waals surface area contributed by atoms with Gasteiger partial charge in [0.15, 0.2) is 0 Å². The van der Waals surface area contributed by atoms with Crippen molar-refractivity contribution in [1.82, 2.24) is 0 Å². The summed E-state index contributed by atoms with van der Waals surface area (Å²) in [5.74, 6) is -0.0648. The zero-order valence-electron chi connectivity index (χ0n) is 12.7. The van der Waals surface area contributed by atoms with Gasteiger partial charge in [-0.05, 0) is 0 Å². The van der Waals surface area contributed by atoms with Gasteiger partial charge in [0, 0.05) is 0 Å². The van der Waals surface area contributed by atoms with Crippen molar-refractivity contribution >= 4 is 23.2 Å². The molecule has 2 aromatic rings. The molecule has 2 rings (SSSR count). The Morgan fingerprint density at radius 2 is 1.00 bits per heavy atom. The van der Waals surface area contributed by atoms with E-state index in [9.17, 15) is 9.59 Å². The number of anilines is 2. The average molecular weight is 398 g/mol. The second kappa shape index (κ2) is 10.0. The molecule has 0 bridgehead atoms. The van der Waals surface area contributed by atoms with Gasteiger partial charge in [-0.25, -0.2) is 0 Å². The molecule has 0 saturated carbocycles. The van der Waals surface area contributed by atoms with Crippen LogP contribution in [0.1, 0.15) is 13.8 Å². The molecule has 0 aliphatic heterocycles. The van der Waals surface area contributed by atoms with E-state index in [1.54, 1.807) is 5.69 Å². The number of amides is 2. The van der Waals surface area contributed by atoms with Crippen LogP contribution in [-0.2, 0) is 33.4 Å². The van der Waals surface area contributed by atoms with Crippen molar-refractivity contribution in [3.05, 3.63) is 60.7 Å². The molecule has 0 saturated heterocycles. The fourth-order valence-corrected chi connectivity index (χ4v) is 4.36. The molecule has 120 valence electrons. The smallest absolute Gasteiger partial charge is 1.00 e. The zero-order valence-corrected chi connectivity index (χ0v) is 15.2. The van der Waals surface area contributed by atoms with Gasteiger partial charge in [0.25, 0.3) is 0 Å². The van der Waals surface area contributed by atoms with Gasteiger partial charge < -0.3 is 9.41 Å². The molecule has 0 atom stereocenters. The summed E-state index contributed by atoms with van der Waals surface area (Å²) in [5, 5.41) is 0. The van der Waals surface area contributed by atoms with Gasteiger partial charge in [0.1, 0.15) is 0 Å². The van der Waals surface area contributed by atoms with E-state index in [1.165, 1.54) is 13.8 Å². The Bertz CT molecular complexity index is 571. The number of hydrogen-bond acceptors (Lipinski definition) is 2. The fourth-order valence-electron chi connectivity index (χ4n) is 1.87. The molecular weight excluding hydrogens is 381 g/mol. The van der Waals surface area contributed by atoms with Crippen molar-refractivity contribution in [3.63, 3.8) is 0 Å². The Morgan fingerprint density at radius 3 is 1.26 bits per heavy atom. The third kappa shape index (κ3) is 5.68. The SMILES string of the molecule is CC(=O)[N]([Zr+2][N](C(C)=O)c1ccccc1)c1ccccc1.[F-].[F-]. The molecule has 23 heavy (non-hydrogen) atoms. The van der Waals surface area contributed by atoms with Crippen molar-refractivity contribution < 1.29 is 42.8 Å². The van der Waals surface area contributed by atoms with Gasteiger partial charge in [0.05, 0.1) is 0 Å². The maximum atomic E-state index is 12.0. The van der Waals surface area contributed by atoms with Crippen LogP contribution in [0.25, 0.3) is 0 Å². The standard InChI is InChI=1S/2C8H9NO.2FH.Zr/c2*1-7(10)9-8-5-3-2-4-6-8;;;/h2*2-6H,1H3,(H,9,10);2*1H;/q;;;;+4/p-4. The number of nitrogens with zero attached hydrogens (tertiary/aromatic N) is 2. The number of rotatable bonds is 4. The van der Waals surface area contributed by atoms with Crippen LogP contribution in [0.3, 0.4) is 0 Å². The van der Waals surface area contributed by atoms with Crippen LogP contribution in [-0.4, -0.2) is 11.8 Å². The van der Waals surface area contributed by atoms with Gasteiger partial charge in [-0.1, -0.05) is 0 Å². The van der Waals surface area contributed by atoms with Crippen molar-refractivity contribution in [3.8, 4) is 0 Å². The predicted octanol–water partition coefficient (Wildman–Crippen LogP) is -2.99. The Morgan fingerprint density at radius 1 is 0.696 bits per heavy atom. The third-order valence-corrected chi connectivity index (χ3v) is 6.66. The van der Waals surface area contributed by atoms with Crippen molar-refractivity contribution in [2.45, 2.75) is 13.8 Å². The van der Waals surface area contributed by atoms with Crippen molar-refractivity contribution in [1.29, 1.82) is 0 Å². The van der Waals surface area contributed by atoms with E-state index in [0.717, 1.165) is 11.4 Å². The molecule has 4 nitrogen and oxygen atoms in total. The fraction of sp³-hybridized carbons (Fsp3) is 0.125. The summed E-state index contributed by atoms with van der Waals surface area (Å²) in [7, 11) is 0. The molecule has 0 unspecified atom stereocenters. The van der Waals surface area contributed by atoms with E-state index in [0.29, 0.717) is 0 Å². The first kappa shape index (κ1) is 21.1. The normalized spacial score (nSPS) is 8.78. The Hall–Kier alpha value is -1.88. The molecule has 2 aromatic carbocycles. The Labute approximate surface area is 146 Å². The van der Waals surface area contributed by atoms with Crippen LogP contribution in [0, 0.1) is 0 Å². The largest absolute Gasteiger partial charge is 1.00 e. The third-order valence-electron chi connectivity index (χ3n) is 2.86. The Balaban J connectivity index is 0.00000242. The molecule has 7 heteroatoms. The van der Waals surface area contributed by atoms with Crippen molar-refractivity contribution in [2.75, 3.05) is 5.69 Å². The molecule has 2 amide bonds. The second-order valence-corrected chi connectivity index (χ2v) is 7.17. The molecular formula is C16H16F2N2O2Zr. The van der Waals surface area contributed by atoms with E-state index in [4.69, 9.17) is 0 Å². The number of para-hydroxylation sites is 2. The first-order valence-electron chi connectivity index (χ1n) is 6.57. The van der Waals surface area contributed by atoms with E-state index >= 15 is 0 Å². The molecule has 0 aliphatic rings. The number of benzene rings is 2. The molecule has 0 aromatic heterocycles. The van der Waals surface area contributed by atoms with Crippen LogP contribution in [0.15, 0.2) is 60.7 Å². The molecule has 0 heterocycles. The summed E-state index contributed by atoms with van der Waals surface area (Å²) in [5.41, 5.74) is 1.69. The predicted molar refractivity (Wildman–Crippen MR) is 79.2 cm³/mol. The minimum Gasteiger partial charge on any atom is -1.00 e. The summed E-state index contributed by atoms with van der Waals surface area (Å²) in [6.45, 7) is 3.08. The first-order valence-corrected chi connectivity index (χ1v) is 8.77. The van der Waals surface area contributed by atoms with Gasteiger partial charge in [-0.3, -0.25) is 0 Å². The number of halogens is 2. The quantitative estimate of drug-likeness (QED) is 0.552. The zero-order chi connectivity index (χ0) is 15.2. The van der Waals surface area contributed by atoms with Crippen molar-refractivity contribution in [2.24, 2.45) is 0 Å². The van der Waals surface area contributed by atoms with Gasteiger partial charge in [0.2, 0.25) is 0 Å². The molecule has 0 aliphatic carbocycles. The summed E-state index contributed by atoms with van der Waals surface area (Å²) >= 11 is -1.62. The molecule has 0 fully saturated rings. The van der Waals surface area contributed by atoms with E-state index in [-0.39, 0.29) is 21.2 Å². The number of carbonyl (C=O) groups is 2. The van der Waals surface area contributed by atoms with Gasteiger partial charge in [-0.15, -0.1) is 0 Å². The molecule has 0 spiro atoms. The van der Waals surface area contributed by atoms with Crippen LogP contribution in [0.2, 0.25) is 0 Å². The van der Waals surface area contributed by atoms with Crippen LogP contribution >= 0.6 is 0 Å². The van der Waals surface area contributed by atoms with Crippen LogP contribution in [0.5, 0.6) is 0 Å². The summed E-state index contributed by atoms with van der Waals surface area (Å²) in [4.78, 5) is 23.9. The van der Waals surface area contributed by atoms with E-state index in [1.807, 2.05) is 60.7 Å². The van der Waals surface area contributed by atoms with Gasteiger partial charge in [-0.2, -0.15) is 0 Å². The first-order chi connectivity index (χ1) is 10.1. The molecule has 0 N–H and O–H groups in total. The number of carbonyl (C=O) groups excluding carboxylic acids is 2. The summed E-state index contributed by atoms with van der Waals surface area (Å²) in [6, 6.07) is 19.0. The Kier molecular flexibility index (Phi) is 9.19. The summed E-state index contributed by atoms with van der Waals surface area (Å²) < 4.78 is 3.50. The van der Waals surface area contributed by atoms with E-state index < -0.39 is 23.8 Å². The maximum Gasteiger partial charge on any atom is -1.00 e. The minimum atomic E-state index is -1.62. The topological polar surface area (TPSA) is 40.6 Å².